The Morgan fingerprint density at radius 2 is 2.08 bits per heavy atom. The van der Waals surface area contributed by atoms with Crippen LogP contribution >= 0.6 is 45.2 Å². The van der Waals surface area contributed by atoms with Crippen LogP contribution in [0.4, 0.5) is 8.78 Å². The molecule has 0 saturated heterocycles. The minimum Gasteiger partial charge on any atom is -0.296 e. The van der Waals surface area contributed by atoms with Crippen LogP contribution in [0.1, 0.15) is 22.5 Å². The van der Waals surface area contributed by atoms with Crippen LogP contribution in [0.25, 0.3) is 0 Å². The highest BCUT2D eigenvalue weighted by molar-refractivity contribution is 14.1. The molecule has 0 spiro atoms. The molecule has 0 aliphatic carbocycles. The molecule has 0 aliphatic heterocycles. The van der Waals surface area contributed by atoms with Gasteiger partial charge in [-0.2, -0.15) is 0 Å². The van der Waals surface area contributed by atoms with E-state index >= 15 is 0 Å². The third kappa shape index (κ3) is 2.55. The van der Waals surface area contributed by atoms with Crippen molar-refractivity contribution in [1.82, 2.24) is 4.98 Å². The van der Waals surface area contributed by atoms with E-state index in [9.17, 15) is 13.6 Å². The molecule has 0 fully saturated rings. The number of aromatic nitrogens is 1. The van der Waals surface area contributed by atoms with Gasteiger partial charge in [-0.15, -0.1) is 0 Å². The lowest BCUT2D eigenvalue weighted by Crippen LogP contribution is -2.00. The first-order valence-electron chi connectivity index (χ1n) is 3.15. The van der Waals surface area contributed by atoms with Crippen molar-refractivity contribution in [2.75, 3.05) is 0 Å². The van der Waals surface area contributed by atoms with Crippen LogP contribution in [0.15, 0.2) is 6.07 Å². The molecule has 0 bridgehead atoms. The van der Waals surface area contributed by atoms with Gasteiger partial charge in [0.1, 0.15) is 9.39 Å². The van der Waals surface area contributed by atoms with Crippen molar-refractivity contribution < 1.29 is 13.6 Å². The van der Waals surface area contributed by atoms with E-state index in [2.05, 4.69) is 4.98 Å². The predicted octanol–water partition coefficient (Wildman–Crippen LogP) is 3.04. The minimum absolute atomic E-state index is 0.105. The van der Waals surface area contributed by atoms with Gasteiger partial charge in [-0.05, 0) is 51.2 Å². The summed E-state index contributed by atoms with van der Waals surface area (Å²) >= 11 is 3.46. The third-order valence-corrected chi connectivity index (χ3v) is 3.04. The van der Waals surface area contributed by atoms with Crippen molar-refractivity contribution in [3.8, 4) is 0 Å². The zero-order valence-electron chi connectivity index (χ0n) is 6.10. The van der Waals surface area contributed by atoms with Gasteiger partial charge >= 0.3 is 0 Å². The Hall–Kier alpha value is 0.140. The molecule has 0 unspecified atom stereocenters. The fourth-order valence-electron chi connectivity index (χ4n) is 0.767. The highest BCUT2D eigenvalue weighted by atomic mass is 127. The standard InChI is InChI=1S/C7H3F2I2NO/c8-6(9)5-4(10)1-3(2-13)12-7(5)11/h1-2,6H. The normalized spacial score (nSPS) is 10.5. The molecule has 0 saturated carbocycles. The number of pyridine rings is 1. The molecule has 1 rings (SSSR count). The minimum atomic E-state index is -2.55. The van der Waals surface area contributed by atoms with E-state index in [0.29, 0.717) is 9.86 Å². The predicted molar refractivity (Wildman–Crippen MR) is 60.0 cm³/mol. The summed E-state index contributed by atoms with van der Waals surface area (Å²) in [6.45, 7) is 0. The second-order valence-electron chi connectivity index (χ2n) is 2.15. The molecule has 1 heterocycles. The lowest BCUT2D eigenvalue weighted by atomic mass is 10.2. The van der Waals surface area contributed by atoms with Gasteiger partial charge in [0.25, 0.3) is 6.43 Å². The van der Waals surface area contributed by atoms with Crippen LogP contribution in [0.2, 0.25) is 0 Å². The molecule has 0 aromatic carbocycles. The fourth-order valence-corrected chi connectivity index (χ4v) is 2.90. The second kappa shape index (κ2) is 4.58. The van der Waals surface area contributed by atoms with Gasteiger partial charge in [0.2, 0.25) is 0 Å². The van der Waals surface area contributed by atoms with Gasteiger partial charge in [0.15, 0.2) is 6.29 Å². The molecule has 0 radical (unpaired) electrons. The largest absolute Gasteiger partial charge is 0.296 e. The number of hydrogen-bond acceptors (Lipinski definition) is 2. The maximum absolute atomic E-state index is 12.4. The highest BCUT2D eigenvalue weighted by Crippen LogP contribution is 2.28. The van der Waals surface area contributed by atoms with Crippen LogP contribution in [0, 0.1) is 7.27 Å². The lowest BCUT2D eigenvalue weighted by Gasteiger charge is -2.05. The van der Waals surface area contributed by atoms with Crippen molar-refractivity contribution in [2.45, 2.75) is 6.43 Å². The smallest absolute Gasteiger partial charge is 0.267 e. The highest BCUT2D eigenvalue weighted by Gasteiger charge is 2.17. The van der Waals surface area contributed by atoms with Gasteiger partial charge in [-0.3, -0.25) is 4.79 Å². The van der Waals surface area contributed by atoms with Crippen molar-refractivity contribution in [3.05, 3.63) is 24.6 Å². The van der Waals surface area contributed by atoms with Crippen molar-refractivity contribution >= 4 is 51.5 Å². The Kier molecular flexibility index (Phi) is 3.95. The molecular weight excluding hydrogens is 406 g/mol. The van der Waals surface area contributed by atoms with Gasteiger partial charge < -0.3 is 0 Å². The molecule has 0 amide bonds. The SMILES string of the molecule is O=Cc1cc(I)c(C(F)F)c(I)n1. The molecule has 70 valence electrons. The first-order valence-corrected chi connectivity index (χ1v) is 5.31. The zero-order chi connectivity index (χ0) is 10.0. The van der Waals surface area contributed by atoms with Gasteiger partial charge in [0.05, 0.1) is 5.56 Å². The molecular formula is C7H3F2I2NO. The second-order valence-corrected chi connectivity index (χ2v) is 4.34. The van der Waals surface area contributed by atoms with Crippen molar-refractivity contribution in [3.63, 3.8) is 0 Å². The lowest BCUT2D eigenvalue weighted by molar-refractivity contribution is 0.111. The molecule has 0 atom stereocenters. The topological polar surface area (TPSA) is 30.0 Å². The van der Waals surface area contributed by atoms with Crippen LogP contribution < -0.4 is 0 Å². The summed E-state index contributed by atoms with van der Waals surface area (Å²) < 4.78 is 25.3. The summed E-state index contributed by atoms with van der Waals surface area (Å²) in [5, 5.41) is 0. The molecule has 0 N–H and O–H groups in total. The van der Waals surface area contributed by atoms with E-state index in [1.807, 2.05) is 0 Å². The Bertz CT molecular complexity index is 320. The van der Waals surface area contributed by atoms with Crippen LogP contribution in [-0.2, 0) is 0 Å². The summed E-state index contributed by atoms with van der Waals surface area (Å²) in [7, 11) is 0. The van der Waals surface area contributed by atoms with Gasteiger partial charge in [-0.1, -0.05) is 0 Å². The molecule has 0 aliphatic rings. The van der Waals surface area contributed by atoms with Crippen molar-refractivity contribution in [1.29, 1.82) is 0 Å². The van der Waals surface area contributed by atoms with Crippen LogP contribution in [0.5, 0.6) is 0 Å². The summed E-state index contributed by atoms with van der Waals surface area (Å²) in [5.41, 5.74) is 0.0741. The zero-order valence-corrected chi connectivity index (χ0v) is 10.4. The Labute approximate surface area is 100 Å². The number of rotatable bonds is 2. The van der Waals surface area contributed by atoms with E-state index in [1.54, 1.807) is 45.2 Å². The molecule has 1 aromatic heterocycles. The number of nitrogens with zero attached hydrogens (tertiary/aromatic N) is 1. The first kappa shape index (κ1) is 11.2. The monoisotopic (exact) mass is 409 g/mol. The summed E-state index contributed by atoms with van der Waals surface area (Å²) in [4.78, 5) is 14.0. The average Bonchev–Trinajstić information content (AvgIpc) is 2.02. The van der Waals surface area contributed by atoms with E-state index in [4.69, 9.17) is 0 Å². The Balaban J connectivity index is 3.31. The average molecular weight is 409 g/mol. The van der Waals surface area contributed by atoms with Gasteiger partial charge in [0, 0.05) is 3.57 Å². The van der Waals surface area contributed by atoms with Gasteiger partial charge in [-0.25, -0.2) is 13.8 Å². The van der Waals surface area contributed by atoms with E-state index in [0.717, 1.165) is 0 Å². The third-order valence-electron chi connectivity index (χ3n) is 1.32. The number of alkyl halides is 2. The number of carbonyl (C=O) groups is 1. The van der Waals surface area contributed by atoms with E-state index in [-0.39, 0.29) is 15.0 Å². The number of carbonyl (C=O) groups excluding carboxylic acids is 1. The number of hydrogen-bond donors (Lipinski definition) is 0. The first-order chi connectivity index (χ1) is 6.06. The quantitative estimate of drug-likeness (QED) is 0.427. The molecule has 13 heavy (non-hydrogen) atoms. The summed E-state index contributed by atoms with van der Waals surface area (Å²) in [5.74, 6) is 0. The van der Waals surface area contributed by atoms with Crippen LogP contribution in [0.3, 0.4) is 0 Å². The Morgan fingerprint density at radius 3 is 2.46 bits per heavy atom. The Morgan fingerprint density at radius 1 is 1.46 bits per heavy atom. The molecule has 2 nitrogen and oxygen atoms in total. The van der Waals surface area contributed by atoms with E-state index in [1.165, 1.54) is 6.07 Å². The number of halogens is 4. The molecule has 6 heteroatoms. The fraction of sp³-hybridized carbons (Fsp3) is 0.143. The van der Waals surface area contributed by atoms with E-state index < -0.39 is 6.43 Å². The maximum atomic E-state index is 12.4. The molecule has 1 aromatic rings. The number of aldehydes is 1. The van der Waals surface area contributed by atoms with Crippen LogP contribution in [-0.4, -0.2) is 11.3 Å². The summed E-state index contributed by atoms with van der Waals surface area (Å²) in [6.07, 6.45) is -2.01. The summed E-state index contributed by atoms with van der Waals surface area (Å²) in [6, 6.07) is 1.34. The van der Waals surface area contributed by atoms with Crippen molar-refractivity contribution in [2.24, 2.45) is 0 Å². The maximum Gasteiger partial charge on any atom is 0.267 e.